The summed E-state index contributed by atoms with van der Waals surface area (Å²) in [6.07, 6.45) is 4.29. The number of nitrogens with one attached hydrogen (secondary N) is 1. The van der Waals surface area contributed by atoms with Gasteiger partial charge in [-0.05, 0) is 66.8 Å². The molecule has 202 valence electrons. The maximum absolute atomic E-state index is 13.8. The fraction of sp³-hybridized carbons (Fsp3) is 0.290. The number of aromatic nitrogens is 1. The van der Waals surface area contributed by atoms with E-state index in [9.17, 15) is 14.0 Å². The van der Waals surface area contributed by atoms with Gasteiger partial charge in [-0.15, -0.1) is 0 Å². The molecule has 0 bridgehead atoms. The number of hydrogen-bond donors (Lipinski definition) is 1. The minimum atomic E-state index is -0.475. The van der Waals surface area contributed by atoms with Crippen LogP contribution in [0, 0.1) is 5.82 Å². The number of methoxy groups -OCH3 is 2. The monoisotopic (exact) mass is 529 g/mol. The van der Waals surface area contributed by atoms with Crippen molar-refractivity contribution >= 4 is 22.7 Å². The Bertz CT molecular complexity index is 1480. The number of para-hydroxylation sites is 1. The van der Waals surface area contributed by atoms with Gasteiger partial charge in [-0.1, -0.05) is 30.3 Å². The summed E-state index contributed by atoms with van der Waals surface area (Å²) in [6, 6.07) is 19.3. The molecule has 0 unspecified atom stereocenters. The fourth-order valence-corrected chi connectivity index (χ4v) is 4.87. The van der Waals surface area contributed by atoms with Gasteiger partial charge in [0.05, 0.1) is 14.2 Å². The van der Waals surface area contributed by atoms with Crippen LogP contribution in [0.1, 0.15) is 34.3 Å². The fourth-order valence-electron chi connectivity index (χ4n) is 4.87. The second-order valence-electron chi connectivity index (χ2n) is 9.79. The molecule has 0 atom stereocenters. The van der Waals surface area contributed by atoms with Crippen molar-refractivity contribution in [1.29, 1.82) is 0 Å². The van der Waals surface area contributed by atoms with E-state index >= 15 is 0 Å². The van der Waals surface area contributed by atoms with Crippen molar-refractivity contribution in [2.45, 2.75) is 31.8 Å². The Morgan fingerprint density at radius 1 is 0.974 bits per heavy atom. The summed E-state index contributed by atoms with van der Waals surface area (Å²) in [7, 11) is 3.16. The van der Waals surface area contributed by atoms with Gasteiger partial charge < -0.3 is 24.3 Å². The molecule has 1 saturated carbocycles. The van der Waals surface area contributed by atoms with Crippen molar-refractivity contribution in [3.8, 4) is 11.5 Å². The zero-order chi connectivity index (χ0) is 27.4. The number of rotatable bonds is 11. The first-order valence-electron chi connectivity index (χ1n) is 13.1. The van der Waals surface area contributed by atoms with Crippen molar-refractivity contribution < 1.29 is 23.5 Å². The SMILES string of the molecule is COc1ccc(CN(CCc2c[nH]c3ccccc23)C(=O)CN(C(=O)c2cccc(F)c2)C2CC2)cc1OC. The minimum absolute atomic E-state index is 0.0127. The molecule has 0 aliphatic heterocycles. The molecule has 8 heteroatoms. The Morgan fingerprint density at radius 2 is 1.77 bits per heavy atom. The first-order valence-corrected chi connectivity index (χ1v) is 13.1. The molecular weight excluding hydrogens is 497 g/mol. The molecule has 1 fully saturated rings. The minimum Gasteiger partial charge on any atom is -0.493 e. The summed E-state index contributed by atoms with van der Waals surface area (Å²) < 4.78 is 24.7. The third-order valence-corrected chi connectivity index (χ3v) is 7.13. The lowest BCUT2D eigenvalue weighted by atomic mass is 10.1. The summed E-state index contributed by atoms with van der Waals surface area (Å²) >= 11 is 0. The summed E-state index contributed by atoms with van der Waals surface area (Å²) in [4.78, 5) is 33.7. The normalized spacial score (nSPS) is 12.8. The Kier molecular flexibility index (Phi) is 7.81. The van der Waals surface area contributed by atoms with E-state index in [1.807, 2.05) is 42.6 Å². The molecule has 5 rings (SSSR count). The van der Waals surface area contributed by atoms with Gasteiger partial charge in [0.25, 0.3) is 5.91 Å². The number of carbonyl (C=O) groups is 2. The molecule has 0 radical (unpaired) electrons. The Balaban J connectivity index is 1.38. The van der Waals surface area contributed by atoms with Crippen molar-refractivity contribution in [3.63, 3.8) is 0 Å². The van der Waals surface area contributed by atoms with Gasteiger partial charge in [-0.3, -0.25) is 9.59 Å². The van der Waals surface area contributed by atoms with E-state index in [2.05, 4.69) is 11.1 Å². The quantitative estimate of drug-likeness (QED) is 0.290. The molecule has 3 aromatic carbocycles. The van der Waals surface area contributed by atoms with Gasteiger partial charge in [0.1, 0.15) is 12.4 Å². The lowest BCUT2D eigenvalue weighted by Crippen LogP contribution is -2.44. The zero-order valence-corrected chi connectivity index (χ0v) is 22.2. The van der Waals surface area contributed by atoms with Gasteiger partial charge in [-0.25, -0.2) is 4.39 Å². The summed E-state index contributed by atoms with van der Waals surface area (Å²) in [6.45, 7) is 0.733. The lowest BCUT2D eigenvalue weighted by molar-refractivity contribution is -0.132. The Labute approximate surface area is 227 Å². The maximum atomic E-state index is 13.8. The van der Waals surface area contributed by atoms with Crippen LogP contribution in [0.2, 0.25) is 0 Å². The third-order valence-electron chi connectivity index (χ3n) is 7.13. The lowest BCUT2D eigenvalue weighted by Gasteiger charge is -2.28. The molecule has 4 aromatic rings. The van der Waals surface area contributed by atoms with Crippen LogP contribution in [-0.4, -0.2) is 59.9 Å². The van der Waals surface area contributed by atoms with Crippen LogP contribution in [0.25, 0.3) is 10.9 Å². The van der Waals surface area contributed by atoms with E-state index in [1.165, 1.54) is 18.2 Å². The van der Waals surface area contributed by atoms with Gasteiger partial charge in [0, 0.05) is 41.8 Å². The average molecular weight is 530 g/mol. The summed E-state index contributed by atoms with van der Waals surface area (Å²) in [5.74, 6) is 0.226. The molecule has 1 aliphatic carbocycles. The van der Waals surface area contributed by atoms with Crippen LogP contribution in [0.3, 0.4) is 0 Å². The molecule has 1 N–H and O–H groups in total. The number of fused-ring (bicyclic) bond motifs is 1. The highest BCUT2D eigenvalue weighted by molar-refractivity contribution is 5.97. The zero-order valence-electron chi connectivity index (χ0n) is 22.2. The number of halogens is 1. The second-order valence-corrected chi connectivity index (χ2v) is 9.79. The molecule has 0 spiro atoms. The van der Waals surface area contributed by atoms with E-state index in [0.29, 0.717) is 31.0 Å². The Hall–Kier alpha value is -4.33. The Morgan fingerprint density at radius 3 is 2.51 bits per heavy atom. The number of carbonyl (C=O) groups excluding carboxylic acids is 2. The van der Waals surface area contributed by atoms with E-state index in [4.69, 9.17) is 9.47 Å². The standard InChI is InChI=1S/C31H32FN3O4/c1-38-28-13-10-21(16-29(28)39-2)19-34(15-14-23-18-33-27-9-4-3-8-26(23)27)30(36)20-35(25-11-12-25)31(37)22-6-5-7-24(32)17-22/h3-10,13,16-18,25,33H,11-12,14-15,19-20H2,1-2H3. The van der Waals surface area contributed by atoms with Gasteiger partial charge in [0.15, 0.2) is 11.5 Å². The molecule has 2 amide bonds. The van der Waals surface area contributed by atoms with Crippen LogP contribution in [-0.2, 0) is 17.8 Å². The van der Waals surface area contributed by atoms with Crippen LogP contribution in [0.15, 0.2) is 72.9 Å². The van der Waals surface area contributed by atoms with Crippen LogP contribution in [0.5, 0.6) is 11.5 Å². The number of nitrogens with zero attached hydrogens (tertiary/aromatic N) is 2. The first-order chi connectivity index (χ1) is 19.0. The van der Waals surface area contributed by atoms with Crippen LogP contribution in [0.4, 0.5) is 4.39 Å². The topological polar surface area (TPSA) is 74.9 Å². The summed E-state index contributed by atoms with van der Waals surface area (Å²) in [5.41, 5.74) is 3.30. The maximum Gasteiger partial charge on any atom is 0.254 e. The van der Waals surface area contributed by atoms with Crippen molar-refractivity contribution in [3.05, 3.63) is 95.4 Å². The summed E-state index contributed by atoms with van der Waals surface area (Å²) in [5, 5.41) is 1.12. The number of hydrogen-bond acceptors (Lipinski definition) is 4. The number of aromatic amines is 1. The molecule has 1 heterocycles. The van der Waals surface area contributed by atoms with Gasteiger partial charge in [-0.2, -0.15) is 0 Å². The number of ether oxygens (including phenoxy) is 2. The molecular formula is C31H32FN3O4. The van der Waals surface area contributed by atoms with E-state index in [1.54, 1.807) is 30.1 Å². The predicted molar refractivity (Wildman–Crippen MR) is 147 cm³/mol. The van der Waals surface area contributed by atoms with Gasteiger partial charge in [0.2, 0.25) is 5.91 Å². The average Bonchev–Trinajstić information content (AvgIpc) is 3.72. The first kappa shape index (κ1) is 26.3. The van der Waals surface area contributed by atoms with E-state index < -0.39 is 5.82 Å². The number of benzene rings is 3. The van der Waals surface area contributed by atoms with Gasteiger partial charge >= 0.3 is 0 Å². The van der Waals surface area contributed by atoms with Crippen molar-refractivity contribution in [1.82, 2.24) is 14.8 Å². The molecule has 39 heavy (non-hydrogen) atoms. The highest BCUT2D eigenvalue weighted by Gasteiger charge is 2.35. The largest absolute Gasteiger partial charge is 0.493 e. The number of H-pyrrole nitrogens is 1. The molecule has 7 nitrogen and oxygen atoms in total. The van der Waals surface area contributed by atoms with E-state index in [0.717, 1.165) is 34.9 Å². The molecule has 1 aromatic heterocycles. The highest BCUT2D eigenvalue weighted by Crippen LogP contribution is 2.30. The van der Waals surface area contributed by atoms with Crippen molar-refractivity contribution in [2.75, 3.05) is 27.3 Å². The van der Waals surface area contributed by atoms with Crippen LogP contribution >= 0.6 is 0 Å². The third kappa shape index (κ3) is 6.06. The van der Waals surface area contributed by atoms with Crippen molar-refractivity contribution in [2.24, 2.45) is 0 Å². The predicted octanol–water partition coefficient (Wildman–Crippen LogP) is 5.20. The highest BCUT2D eigenvalue weighted by atomic mass is 19.1. The smallest absolute Gasteiger partial charge is 0.254 e. The molecule has 0 saturated heterocycles. The molecule has 1 aliphatic rings. The second kappa shape index (κ2) is 11.6. The number of amides is 2. The van der Waals surface area contributed by atoms with Crippen LogP contribution < -0.4 is 9.47 Å². The van der Waals surface area contributed by atoms with E-state index in [-0.39, 0.29) is 30.0 Å².